The number of aromatic nitrogens is 2. The van der Waals surface area contributed by atoms with Gasteiger partial charge in [-0.3, -0.25) is 0 Å². The summed E-state index contributed by atoms with van der Waals surface area (Å²) in [4.78, 5) is 4.36. The molecule has 4 nitrogen and oxygen atoms in total. The van der Waals surface area contributed by atoms with Crippen molar-refractivity contribution in [2.24, 2.45) is 0 Å². The third kappa shape index (κ3) is 3.26. The number of hydrogen-bond donors (Lipinski definition) is 1. The van der Waals surface area contributed by atoms with Crippen molar-refractivity contribution < 1.29 is 13.3 Å². The molecule has 3 rings (SSSR count). The van der Waals surface area contributed by atoms with Crippen LogP contribution in [0.25, 0.3) is 0 Å². The second-order valence-corrected chi connectivity index (χ2v) is 5.54. The van der Waals surface area contributed by atoms with Gasteiger partial charge in [0.05, 0.1) is 0 Å². The van der Waals surface area contributed by atoms with Crippen molar-refractivity contribution in [2.75, 3.05) is 6.54 Å². The number of piperidine rings is 1. The molecular weight excluding hydrogens is 276 g/mol. The van der Waals surface area contributed by atoms with Crippen molar-refractivity contribution in [3.05, 3.63) is 47.1 Å². The van der Waals surface area contributed by atoms with E-state index in [1.807, 2.05) is 0 Å². The van der Waals surface area contributed by atoms with Gasteiger partial charge in [-0.05, 0) is 37.9 Å². The predicted molar refractivity (Wildman–Crippen MR) is 72.9 cm³/mol. The number of nitrogens with zero attached hydrogens (tertiary/aromatic N) is 2. The van der Waals surface area contributed by atoms with E-state index in [-0.39, 0.29) is 12.3 Å². The van der Waals surface area contributed by atoms with Gasteiger partial charge >= 0.3 is 0 Å². The zero-order valence-electron chi connectivity index (χ0n) is 11.8. The van der Waals surface area contributed by atoms with Gasteiger partial charge in [-0.25, -0.2) is 8.78 Å². The average molecular weight is 293 g/mol. The zero-order valence-corrected chi connectivity index (χ0v) is 11.8. The third-order valence-electron chi connectivity index (χ3n) is 3.82. The van der Waals surface area contributed by atoms with E-state index in [0.717, 1.165) is 25.5 Å². The molecule has 1 aromatic heterocycles. The van der Waals surface area contributed by atoms with Gasteiger partial charge in [-0.1, -0.05) is 11.2 Å². The average Bonchev–Trinajstić information content (AvgIpc) is 2.91. The molecule has 1 aromatic carbocycles. The highest BCUT2D eigenvalue weighted by atomic mass is 19.1. The van der Waals surface area contributed by atoms with E-state index in [2.05, 4.69) is 22.4 Å². The van der Waals surface area contributed by atoms with E-state index in [0.29, 0.717) is 23.3 Å². The number of rotatable bonds is 3. The summed E-state index contributed by atoms with van der Waals surface area (Å²) in [5.41, 5.74) is 0.363. The first-order valence-electron chi connectivity index (χ1n) is 7.11. The van der Waals surface area contributed by atoms with Crippen LogP contribution in [-0.4, -0.2) is 22.7 Å². The van der Waals surface area contributed by atoms with Crippen LogP contribution in [0.4, 0.5) is 8.78 Å². The van der Waals surface area contributed by atoms with E-state index in [9.17, 15) is 8.78 Å². The van der Waals surface area contributed by atoms with Crippen LogP contribution in [0, 0.1) is 11.6 Å². The molecule has 1 fully saturated rings. The normalized spacial score (nSPS) is 22.4. The molecule has 112 valence electrons. The highest BCUT2D eigenvalue weighted by Crippen LogP contribution is 2.26. The molecule has 2 heterocycles. The van der Waals surface area contributed by atoms with Gasteiger partial charge in [0.15, 0.2) is 5.82 Å². The van der Waals surface area contributed by atoms with Crippen LogP contribution in [0.3, 0.4) is 0 Å². The number of hydrogen-bond acceptors (Lipinski definition) is 4. The summed E-state index contributed by atoms with van der Waals surface area (Å²) < 4.78 is 31.8. The molecule has 0 spiro atoms. The first-order valence-corrected chi connectivity index (χ1v) is 7.11. The van der Waals surface area contributed by atoms with Gasteiger partial charge in [0, 0.05) is 24.4 Å². The van der Waals surface area contributed by atoms with Crippen molar-refractivity contribution in [1.29, 1.82) is 0 Å². The monoisotopic (exact) mass is 293 g/mol. The Hall–Kier alpha value is -1.82. The second kappa shape index (κ2) is 5.89. The lowest BCUT2D eigenvalue weighted by Crippen LogP contribution is -2.34. The molecule has 0 aliphatic carbocycles. The van der Waals surface area contributed by atoms with E-state index < -0.39 is 11.6 Å². The molecule has 0 radical (unpaired) electrons. The van der Waals surface area contributed by atoms with Crippen LogP contribution in [0.1, 0.15) is 43.0 Å². The molecule has 6 heteroatoms. The van der Waals surface area contributed by atoms with E-state index in [4.69, 9.17) is 4.52 Å². The Labute approximate surface area is 121 Å². The zero-order chi connectivity index (χ0) is 14.8. The minimum atomic E-state index is -0.589. The molecule has 1 N–H and O–H groups in total. The van der Waals surface area contributed by atoms with Gasteiger partial charge < -0.3 is 9.84 Å². The van der Waals surface area contributed by atoms with Crippen molar-refractivity contribution in [3.8, 4) is 0 Å². The fourth-order valence-electron chi connectivity index (χ4n) is 2.70. The Morgan fingerprint density at radius 3 is 3.00 bits per heavy atom. The Morgan fingerprint density at radius 2 is 2.24 bits per heavy atom. The Kier molecular flexibility index (Phi) is 3.96. The van der Waals surface area contributed by atoms with Gasteiger partial charge in [-0.2, -0.15) is 4.98 Å². The van der Waals surface area contributed by atoms with Crippen LogP contribution in [0.5, 0.6) is 0 Å². The quantitative estimate of drug-likeness (QED) is 0.945. The number of halogens is 2. The summed E-state index contributed by atoms with van der Waals surface area (Å²) in [6, 6.07) is 3.93. The van der Waals surface area contributed by atoms with Crippen LogP contribution in [-0.2, 0) is 6.42 Å². The lowest BCUT2D eigenvalue weighted by atomic mass is 9.93. The maximum absolute atomic E-state index is 13.6. The molecule has 2 unspecified atom stereocenters. The molecule has 1 saturated heterocycles. The molecule has 0 bridgehead atoms. The van der Waals surface area contributed by atoms with E-state index in [1.54, 1.807) is 0 Å². The minimum Gasteiger partial charge on any atom is -0.339 e. The van der Waals surface area contributed by atoms with E-state index >= 15 is 0 Å². The van der Waals surface area contributed by atoms with Crippen molar-refractivity contribution in [2.45, 2.75) is 38.1 Å². The molecule has 2 aromatic rings. The summed E-state index contributed by atoms with van der Waals surface area (Å²) in [5, 5.41) is 7.27. The Morgan fingerprint density at radius 1 is 1.38 bits per heavy atom. The summed E-state index contributed by atoms with van der Waals surface area (Å²) in [6.07, 6.45) is 2.11. The fourth-order valence-corrected chi connectivity index (χ4v) is 2.70. The molecule has 21 heavy (non-hydrogen) atoms. The standard InChI is InChI=1S/C15H17F2N3O/c1-9-6-11(4-5-18-9)15-19-14(20-21-15)7-10-2-3-12(16)8-13(10)17/h2-3,8-9,11,18H,4-7H2,1H3. The molecule has 1 aliphatic rings. The molecule has 0 amide bonds. The predicted octanol–water partition coefficient (Wildman–Crippen LogP) is 2.79. The largest absolute Gasteiger partial charge is 0.339 e. The fraction of sp³-hybridized carbons (Fsp3) is 0.467. The van der Waals surface area contributed by atoms with Crippen molar-refractivity contribution in [1.82, 2.24) is 15.5 Å². The highest BCUT2D eigenvalue weighted by molar-refractivity contribution is 5.21. The maximum atomic E-state index is 13.6. The number of nitrogens with one attached hydrogen (secondary N) is 1. The molecule has 1 aliphatic heterocycles. The van der Waals surface area contributed by atoms with Gasteiger partial charge in [0.25, 0.3) is 0 Å². The maximum Gasteiger partial charge on any atom is 0.229 e. The molecular formula is C15H17F2N3O. The first-order chi connectivity index (χ1) is 10.1. The van der Waals surface area contributed by atoms with Gasteiger partial charge in [0.1, 0.15) is 11.6 Å². The van der Waals surface area contributed by atoms with Crippen LogP contribution in [0.2, 0.25) is 0 Å². The molecule has 2 atom stereocenters. The van der Waals surface area contributed by atoms with Crippen LogP contribution in [0.15, 0.2) is 22.7 Å². The SMILES string of the molecule is CC1CC(c2nc(Cc3ccc(F)cc3F)no2)CCN1. The summed E-state index contributed by atoms with van der Waals surface area (Å²) in [7, 11) is 0. The topological polar surface area (TPSA) is 51.0 Å². The van der Waals surface area contributed by atoms with Gasteiger partial charge in [0.2, 0.25) is 5.89 Å². The molecule has 0 saturated carbocycles. The number of benzene rings is 1. The lowest BCUT2D eigenvalue weighted by molar-refractivity contribution is 0.294. The van der Waals surface area contributed by atoms with Crippen LogP contribution < -0.4 is 5.32 Å². The van der Waals surface area contributed by atoms with Crippen molar-refractivity contribution >= 4 is 0 Å². The summed E-state index contributed by atoms with van der Waals surface area (Å²) in [6.45, 7) is 3.05. The Balaban J connectivity index is 1.72. The minimum absolute atomic E-state index is 0.205. The van der Waals surface area contributed by atoms with Gasteiger partial charge in [-0.15, -0.1) is 0 Å². The van der Waals surface area contributed by atoms with E-state index in [1.165, 1.54) is 12.1 Å². The van der Waals surface area contributed by atoms with Crippen molar-refractivity contribution in [3.63, 3.8) is 0 Å². The van der Waals surface area contributed by atoms with Crippen LogP contribution >= 0.6 is 0 Å². The third-order valence-corrected chi connectivity index (χ3v) is 3.82. The second-order valence-electron chi connectivity index (χ2n) is 5.54. The highest BCUT2D eigenvalue weighted by Gasteiger charge is 2.25. The summed E-state index contributed by atoms with van der Waals surface area (Å²) >= 11 is 0. The smallest absolute Gasteiger partial charge is 0.229 e. The Bertz CT molecular complexity index is 629. The summed E-state index contributed by atoms with van der Waals surface area (Å²) in [5.74, 6) is 0.119. The first kappa shape index (κ1) is 14.1. The lowest BCUT2D eigenvalue weighted by Gasteiger charge is -2.25.